The first kappa shape index (κ1) is 16.9. The van der Waals surface area contributed by atoms with Crippen molar-refractivity contribution in [1.29, 1.82) is 0 Å². The molecule has 0 amide bonds. The van der Waals surface area contributed by atoms with Crippen LogP contribution in [0.1, 0.15) is 12.8 Å². The normalized spacial score (nSPS) is 20.4. The monoisotopic (exact) mass is 354 g/mol. The van der Waals surface area contributed by atoms with Gasteiger partial charge in [-0.05, 0) is 25.0 Å². The Labute approximate surface area is 154 Å². The van der Waals surface area contributed by atoms with E-state index >= 15 is 0 Å². The van der Waals surface area contributed by atoms with E-state index in [1.807, 2.05) is 6.07 Å². The number of hydrogen-bond donors (Lipinski definition) is 2. The molecule has 1 unspecified atom stereocenters. The fraction of sp³-hybridized carbons (Fsp3) is 0.474. The van der Waals surface area contributed by atoms with Crippen molar-refractivity contribution in [2.45, 2.75) is 18.9 Å². The van der Waals surface area contributed by atoms with Gasteiger partial charge in [0.1, 0.15) is 12.0 Å². The van der Waals surface area contributed by atoms with Crippen molar-refractivity contribution < 1.29 is 4.74 Å². The van der Waals surface area contributed by atoms with Gasteiger partial charge in [0, 0.05) is 45.0 Å². The third-order valence-corrected chi connectivity index (χ3v) is 5.08. The summed E-state index contributed by atoms with van der Waals surface area (Å²) in [6, 6.07) is 10.5. The molecule has 2 fully saturated rings. The second-order valence-electron chi connectivity index (χ2n) is 6.79. The molecule has 3 N–H and O–H groups in total. The number of nitrogens with zero attached hydrogens (tertiary/aromatic N) is 4. The van der Waals surface area contributed by atoms with Crippen LogP contribution in [0, 0.1) is 0 Å². The van der Waals surface area contributed by atoms with Gasteiger partial charge in [-0.25, -0.2) is 9.97 Å². The van der Waals surface area contributed by atoms with Gasteiger partial charge in [-0.15, -0.1) is 0 Å². The second kappa shape index (κ2) is 7.78. The number of nitrogens with one attached hydrogen (secondary N) is 1. The van der Waals surface area contributed by atoms with E-state index in [0.717, 1.165) is 58.0 Å². The van der Waals surface area contributed by atoms with E-state index in [-0.39, 0.29) is 6.10 Å². The molecule has 0 radical (unpaired) electrons. The standard InChI is InChI=1S/C19H26N6O/c20-17-18(21-13-16-7-4-12-26-16)22-14-23-19(17)25-10-8-24(9-11-25)15-5-2-1-3-6-15/h1-3,5-6,14,16H,4,7-13,20H2,(H,21,22,23). The largest absolute Gasteiger partial charge is 0.393 e. The Kier molecular flexibility index (Phi) is 5.06. The topological polar surface area (TPSA) is 79.5 Å². The van der Waals surface area contributed by atoms with E-state index in [2.05, 4.69) is 49.4 Å². The summed E-state index contributed by atoms with van der Waals surface area (Å²) in [6.07, 6.45) is 4.06. The molecule has 0 bridgehead atoms. The Morgan fingerprint density at radius 2 is 1.85 bits per heavy atom. The molecular formula is C19H26N6O. The zero-order valence-electron chi connectivity index (χ0n) is 15.0. The smallest absolute Gasteiger partial charge is 0.157 e. The summed E-state index contributed by atoms with van der Waals surface area (Å²) in [5.74, 6) is 1.53. The molecule has 1 aromatic carbocycles. The van der Waals surface area contributed by atoms with E-state index in [9.17, 15) is 0 Å². The maximum absolute atomic E-state index is 6.36. The average Bonchev–Trinajstić information content (AvgIpc) is 3.22. The highest BCUT2D eigenvalue weighted by molar-refractivity contribution is 5.75. The van der Waals surface area contributed by atoms with E-state index < -0.39 is 0 Å². The summed E-state index contributed by atoms with van der Waals surface area (Å²) in [5.41, 5.74) is 8.25. The van der Waals surface area contributed by atoms with Crippen LogP contribution in [0.2, 0.25) is 0 Å². The summed E-state index contributed by atoms with van der Waals surface area (Å²) in [5, 5.41) is 3.33. The van der Waals surface area contributed by atoms with Crippen LogP contribution in [0.3, 0.4) is 0 Å². The van der Waals surface area contributed by atoms with Crippen LogP contribution in [-0.2, 0) is 4.74 Å². The molecule has 3 heterocycles. The van der Waals surface area contributed by atoms with Crippen LogP contribution in [0.15, 0.2) is 36.7 Å². The molecule has 7 heteroatoms. The van der Waals surface area contributed by atoms with Crippen LogP contribution in [-0.4, -0.2) is 55.4 Å². The van der Waals surface area contributed by atoms with Gasteiger partial charge in [-0.1, -0.05) is 18.2 Å². The molecule has 4 rings (SSSR count). The van der Waals surface area contributed by atoms with E-state index in [1.165, 1.54) is 5.69 Å². The first-order valence-electron chi connectivity index (χ1n) is 9.32. The number of piperazine rings is 1. The number of para-hydroxylation sites is 1. The Morgan fingerprint density at radius 3 is 2.58 bits per heavy atom. The SMILES string of the molecule is Nc1c(NCC2CCCO2)ncnc1N1CCN(c2ccccc2)CC1. The first-order valence-corrected chi connectivity index (χ1v) is 9.32. The number of hydrogen-bond acceptors (Lipinski definition) is 7. The minimum absolute atomic E-state index is 0.252. The van der Waals surface area contributed by atoms with Gasteiger partial charge < -0.3 is 25.6 Å². The number of aromatic nitrogens is 2. The van der Waals surface area contributed by atoms with Gasteiger partial charge in [0.25, 0.3) is 0 Å². The first-order chi connectivity index (χ1) is 12.8. The molecule has 0 aliphatic carbocycles. The van der Waals surface area contributed by atoms with Crippen molar-refractivity contribution in [3.05, 3.63) is 36.7 Å². The minimum Gasteiger partial charge on any atom is -0.393 e. The molecule has 2 aromatic rings. The number of anilines is 4. The van der Waals surface area contributed by atoms with Crippen molar-refractivity contribution in [1.82, 2.24) is 9.97 Å². The molecule has 1 aromatic heterocycles. The molecule has 0 spiro atoms. The lowest BCUT2D eigenvalue weighted by atomic mass is 10.2. The van der Waals surface area contributed by atoms with E-state index in [1.54, 1.807) is 6.33 Å². The van der Waals surface area contributed by atoms with Crippen LogP contribution in [0.4, 0.5) is 23.0 Å². The van der Waals surface area contributed by atoms with Gasteiger partial charge in [0.15, 0.2) is 11.6 Å². The number of nitrogen functional groups attached to an aromatic ring is 1. The van der Waals surface area contributed by atoms with Crippen LogP contribution in [0.5, 0.6) is 0 Å². The lowest BCUT2D eigenvalue weighted by molar-refractivity contribution is 0.120. The summed E-state index contributed by atoms with van der Waals surface area (Å²) in [7, 11) is 0. The number of benzene rings is 1. The van der Waals surface area contributed by atoms with Crippen LogP contribution in [0.25, 0.3) is 0 Å². The number of nitrogens with two attached hydrogens (primary N) is 1. The fourth-order valence-corrected chi connectivity index (χ4v) is 3.61. The van der Waals surface area contributed by atoms with Crippen molar-refractivity contribution in [2.75, 3.05) is 60.2 Å². The minimum atomic E-state index is 0.252. The number of rotatable bonds is 5. The Balaban J connectivity index is 1.39. The Morgan fingerprint density at radius 1 is 1.08 bits per heavy atom. The second-order valence-corrected chi connectivity index (χ2v) is 6.79. The van der Waals surface area contributed by atoms with Gasteiger partial charge in [-0.2, -0.15) is 0 Å². The maximum Gasteiger partial charge on any atom is 0.157 e. The highest BCUT2D eigenvalue weighted by atomic mass is 16.5. The summed E-state index contributed by atoms with van der Waals surface area (Å²) < 4.78 is 5.65. The number of ether oxygens (including phenoxy) is 1. The summed E-state index contributed by atoms with van der Waals surface area (Å²) in [4.78, 5) is 13.4. The molecule has 7 nitrogen and oxygen atoms in total. The summed E-state index contributed by atoms with van der Waals surface area (Å²) in [6.45, 7) is 5.27. The van der Waals surface area contributed by atoms with E-state index in [4.69, 9.17) is 10.5 Å². The molecule has 26 heavy (non-hydrogen) atoms. The van der Waals surface area contributed by atoms with Crippen molar-refractivity contribution in [3.63, 3.8) is 0 Å². The highest BCUT2D eigenvalue weighted by Crippen LogP contribution is 2.28. The van der Waals surface area contributed by atoms with E-state index in [0.29, 0.717) is 11.5 Å². The Bertz CT molecular complexity index is 711. The zero-order valence-corrected chi connectivity index (χ0v) is 15.0. The quantitative estimate of drug-likeness (QED) is 0.850. The van der Waals surface area contributed by atoms with Gasteiger partial charge in [-0.3, -0.25) is 0 Å². The van der Waals surface area contributed by atoms with Gasteiger partial charge >= 0.3 is 0 Å². The van der Waals surface area contributed by atoms with Gasteiger partial charge in [0.05, 0.1) is 6.10 Å². The molecule has 138 valence electrons. The predicted octanol–water partition coefficient (Wildman–Crippen LogP) is 1.98. The molecular weight excluding hydrogens is 328 g/mol. The third-order valence-electron chi connectivity index (χ3n) is 5.08. The van der Waals surface area contributed by atoms with Gasteiger partial charge in [0.2, 0.25) is 0 Å². The lowest BCUT2D eigenvalue weighted by Gasteiger charge is -2.37. The Hall–Kier alpha value is -2.54. The zero-order chi connectivity index (χ0) is 17.8. The van der Waals surface area contributed by atoms with Crippen LogP contribution < -0.4 is 20.9 Å². The van der Waals surface area contributed by atoms with Crippen molar-refractivity contribution in [2.24, 2.45) is 0 Å². The molecule has 2 saturated heterocycles. The van der Waals surface area contributed by atoms with Crippen LogP contribution >= 0.6 is 0 Å². The maximum atomic E-state index is 6.36. The fourth-order valence-electron chi connectivity index (χ4n) is 3.61. The lowest BCUT2D eigenvalue weighted by Crippen LogP contribution is -2.47. The van der Waals surface area contributed by atoms with Crippen molar-refractivity contribution in [3.8, 4) is 0 Å². The predicted molar refractivity (Wildman–Crippen MR) is 105 cm³/mol. The molecule has 0 saturated carbocycles. The summed E-state index contributed by atoms with van der Waals surface area (Å²) >= 11 is 0. The van der Waals surface area contributed by atoms with Crippen molar-refractivity contribution >= 4 is 23.0 Å². The average molecular weight is 354 g/mol. The molecule has 2 aliphatic heterocycles. The highest BCUT2D eigenvalue weighted by Gasteiger charge is 2.22. The third kappa shape index (κ3) is 3.67. The molecule has 1 atom stereocenters. The molecule has 2 aliphatic rings.